The van der Waals surface area contributed by atoms with Crippen LogP contribution in [0.25, 0.3) is 0 Å². The summed E-state index contributed by atoms with van der Waals surface area (Å²) < 4.78 is 19.3. The second kappa shape index (κ2) is 5.37. The summed E-state index contributed by atoms with van der Waals surface area (Å²) >= 11 is 0. The fraction of sp³-hybridized carbons (Fsp3) is 0.583. The highest BCUT2D eigenvalue weighted by atomic mass is 19.1. The van der Waals surface area contributed by atoms with E-state index in [-0.39, 0.29) is 18.0 Å². The molecule has 2 unspecified atom stereocenters. The molecule has 16 heavy (non-hydrogen) atoms. The Bertz CT molecular complexity index is 340. The van der Waals surface area contributed by atoms with Gasteiger partial charge in [-0.1, -0.05) is 6.92 Å². The molecule has 3 nitrogen and oxygen atoms in total. The molecule has 1 saturated heterocycles. The number of ether oxygens (including phenoxy) is 1. The number of nitrogens with zero attached hydrogens (tertiary/aromatic N) is 1. The van der Waals surface area contributed by atoms with E-state index < -0.39 is 0 Å². The molecule has 1 aromatic heterocycles. The Labute approximate surface area is 95.0 Å². The zero-order valence-electron chi connectivity index (χ0n) is 9.45. The van der Waals surface area contributed by atoms with Gasteiger partial charge in [0.2, 0.25) is 0 Å². The average Bonchev–Trinajstić information content (AvgIpc) is 2.80. The van der Waals surface area contributed by atoms with Crippen LogP contribution < -0.4 is 5.32 Å². The maximum absolute atomic E-state index is 13.7. The Morgan fingerprint density at radius 2 is 2.56 bits per heavy atom. The number of nitrogens with one attached hydrogen (secondary N) is 1. The first-order valence-electron chi connectivity index (χ1n) is 5.77. The first-order valence-corrected chi connectivity index (χ1v) is 5.77. The number of likely N-dealkylation sites (N-methyl/N-ethyl adjacent to an activating group) is 1. The van der Waals surface area contributed by atoms with Gasteiger partial charge in [0.25, 0.3) is 0 Å². The Hall–Kier alpha value is -1.00. The molecule has 2 rings (SSSR count). The molecule has 1 aliphatic rings. The summed E-state index contributed by atoms with van der Waals surface area (Å²) in [4.78, 5) is 3.77. The van der Waals surface area contributed by atoms with E-state index in [9.17, 15) is 4.39 Å². The van der Waals surface area contributed by atoms with Crippen LogP contribution in [0, 0.1) is 5.82 Å². The molecule has 1 aliphatic heterocycles. The van der Waals surface area contributed by atoms with Gasteiger partial charge >= 0.3 is 0 Å². The molecular formula is C12H17FN2O. The summed E-state index contributed by atoms with van der Waals surface area (Å²) in [6, 6.07) is 1.67. The number of rotatable bonds is 4. The van der Waals surface area contributed by atoms with Gasteiger partial charge in [-0.25, -0.2) is 4.39 Å². The monoisotopic (exact) mass is 224 g/mol. The summed E-state index contributed by atoms with van der Waals surface area (Å²) in [5.74, 6) is -0.260. The van der Waals surface area contributed by atoms with Gasteiger partial charge in [0.15, 0.2) is 0 Å². The summed E-state index contributed by atoms with van der Waals surface area (Å²) in [6.45, 7) is 3.59. The lowest BCUT2D eigenvalue weighted by molar-refractivity contribution is 0.0776. The maximum Gasteiger partial charge on any atom is 0.146 e. The van der Waals surface area contributed by atoms with Crippen molar-refractivity contribution >= 4 is 0 Å². The van der Waals surface area contributed by atoms with Gasteiger partial charge < -0.3 is 10.1 Å². The fourth-order valence-electron chi connectivity index (χ4n) is 2.17. The minimum atomic E-state index is -0.260. The van der Waals surface area contributed by atoms with Crippen LogP contribution in [0.15, 0.2) is 18.5 Å². The Morgan fingerprint density at radius 1 is 1.69 bits per heavy atom. The van der Waals surface area contributed by atoms with Gasteiger partial charge in [-0.3, -0.25) is 4.98 Å². The molecule has 0 radical (unpaired) electrons. The fourth-order valence-corrected chi connectivity index (χ4v) is 2.17. The molecule has 88 valence electrons. The van der Waals surface area contributed by atoms with Crippen LogP contribution in [-0.4, -0.2) is 24.2 Å². The van der Waals surface area contributed by atoms with Crippen molar-refractivity contribution in [2.24, 2.45) is 0 Å². The number of hydrogen-bond acceptors (Lipinski definition) is 3. The maximum atomic E-state index is 13.7. The Balaban J connectivity index is 2.21. The second-order valence-corrected chi connectivity index (χ2v) is 3.98. The lowest BCUT2D eigenvalue weighted by atomic mass is 10.00. The zero-order chi connectivity index (χ0) is 11.4. The minimum absolute atomic E-state index is 0.0597. The molecule has 0 spiro atoms. The minimum Gasteiger partial charge on any atom is -0.376 e. The van der Waals surface area contributed by atoms with Crippen molar-refractivity contribution in [1.82, 2.24) is 10.3 Å². The molecule has 2 atom stereocenters. The molecule has 1 aromatic rings. The predicted octanol–water partition coefficient (Wildman–Crippen LogP) is 2.05. The normalized spacial score (nSPS) is 22.2. The van der Waals surface area contributed by atoms with E-state index in [0.29, 0.717) is 5.56 Å². The van der Waals surface area contributed by atoms with Gasteiger partial charge in [0.1, 0.15) is 5.82 Å². The predicted molar refractivity (Wildman–Crippen MR) is 59.6 cm³/mol. The average molecular weight is 224 g/mol. The summed E-state index contributed by atoms with van der Waals surface area (Å²) in [7, 11) is 0. The van der Waals surface area contributed by atoms with Crippen LogP contribution >= 0.6 is 0 Å². The molecule has 0 aliphatic carbocycles. The molecule has 0 bridgehead atoms. The van der Waals surface area contributed by atoms with Crippen LogP contribution in [0.5, 0.6) is 0 Å². The van der Waals surface area contributed by atoms with E-state index in [4.69, 9.17) is 4.74 Å². The van der Waals surface area contributed by atoms with Crippen molar-refractivity contribution in [3.63, 3.8) is 0 Å². The SMILES string of the molecule is CCNC(c1ccncc1F)C1CCCO1. The van der Waals surface area contributed by atoms with Crippen LogP contribution in [-0.2, 0) is 4.74 Å². The quantitative estimate of drug-likeness (QED) is 0.850. The van der Waals surface area contributed by atoms with Gasteiger partial charge in [-0.05, 0) is 25.5 Å². The van der Waals surface area contributed by atoms with Crippen molar-refractivity contribution in [3.05, 3.63) is 29.8 Å². The van der Waals surface area contributed by atoms with Crippen molar-refractivity contribution < 1.29 is 9.13 Å². The molecule has 4 heteroatoms. The summed E-state index contributed by atoms with van der Waals surface area (Å²) in [5, 5.41) is 3.29. The van der Waals surface area contributed by atoms with Crippen molar-refractivity contribution in [2.45, 2.75) is 31.9 Å². The van der Waals surface area contributed by atoms with E-state index in [0.717, 1.165) is 26.0 Å². The van der Waals surface area contributed by atoms with Gasteiger partial charge in [0, 0.05) is 18.4 Å². The Kier molecular flexibility index (Phi) is 3.85. The van der Waals surface area contributed by atoms with Crippen LogP contribution in [0.2, 0.25) is 0 Å². The summed E-state index contributed by atoms with van der Waals surface area (Å²) in [5.41, 5.74) is 0.656. The van der Waals surface area contributed by atoms with E-state index >= 15 is 0 Å². The smallest absolute Gasteiger partial charge is 0.146 e. The molecule has 1 N–H and O–H groups in total. The standard InChI is InChI=1S/C12H17FN2O/c1-2-15-12(11-4-3-7-16-11)9-5-6-14-8-10(9)13/h5-6,8,11-12,15H,2-4,7H2,1H3. The molecule has 0 amide bonds. The highest BCUT2D eigenvalue weighted by Crippen LogP contribution is 2.27. The highest BCUT2D eigenvalue weighted by molar-refractivity contribution is 5.19. The lowest BCUT2D eigenvalue weighted by Gasteiger charge is -2.24. The highest BCUT2D eigenvalue weighted by Gasteiger charge is 2.28. The largest absolute Gasteiger partial charge is 0.376 e. The number of hydrogen-bond donors (Lipinski definition) is 1. The first kappa shape index (κ1) is 11.5. The van der Waals surface area contributed by atoms with E-state index in [2.05, 4.69) is 10.3 Å². The van der Waals surface area contributed by atoms with Crippen molar-refractivity contribution in [3.8, 4) is 0 Å². The number of aromatic nitrogens is 1. The lowest BCUT2D eigenvalue weighted by Crippen LogP contribution is -2.32. The van der Waals surface area contributed by atoms with Crippen LogP contribution in [0.1, 0.15) is 31.4 Å². The number of halogens is 1. The van der Waals surface area contributed by atoms with Gasteiger partial charge in [-0.15, -0.1) is 0 Å². The molecule has 1 fully saturated rings. The Morgan fingerprint density at radius 3 is 3.19 bits per heavy atom. The van der Waals surface area contributed by atoms with Crippen LogP contribution in [0.3, 0.4) is 0 Å². The summed E-state index contributed by atoms with van der Waals surface area (Å²) in [6.07, 6.45) is 5.00. The third kappa shape index (κ3) is 2.39. The molecule has 0 aromatic carbocycles. The third-order valence-corrected chi connectivity index (χ3v) is 2.90. The second-order valence-electron chi connectivity index (χ2n) is 3.98. The molecule has 2 heterocycles. The van der Waals surface area contributed by atoms with Gasteiger partial charge in [-0.2, -0.15) is 0 Å². The van der Waals surface area contributed by atoms with Crippen LogP contribution in [0.4, 0.5) is 4.39 Å². The first-order chi connectivity index (χ1) is 7.83. The number of pyridine rings is 1. The van der Waals surface area contributed by atoms with E-state index in [1.807, 2.05) is 6.92 Å². The third-order valence-electron chi connectivity index (χ3n) is 2.90. The zero-order valence-corrected chi connectivity index (χ0v) is 9.45. The molecular weight excluding hydrogens is 207 g/mol. The van der Waals surface area contributed by atoms with Crippen molar-refractivity contribution in [1.29, 1.82) is 0 Å². The topological polar surface area (TPSA) is 34.2 Å². The van der Waals surface area contributed by atoms with Gasteiger partial charge in [0.05, 0.1) is 18.3 Å². The van der Waals surface area contributed by atoms with Crippen molar-refractivity contribution in [2.75, 3.05) is 13.2 Å². The molecule has 0 saturated carbocycles. The van der Waals surface area contributed by atoms with E-state index in [1.165, 1.54) is 6.20 Å². The van der Waals surface area contributed by atoms with E-state index in [1.54, 1.807) is 12.3 Å².